The molecule has 7 heteroatoms. The van der Waals surface area contributed by atoms with E-state index >= 15 is 0 Å². The third-order valence-corrected chi connectivity index (χ3v) is 3.48. The number of halogens is 2. The number of fused-ring (bicyclic) bond motifs is 1. The number of pyridine rings is 1. The number of hydrogen-bond donors (Lipinski definition) is 0. The van der Waals surface area contributed by atoms with E-state index in [0.717, 1.165) is 5.56 Å². The van der Waals surface area contributed by atoms with E-state index in [1.807, 2.05) is 0 Å². The maximum Gasteiger partial charge on any atom is 0.387 e. The zero-order valence-electron chi connectivity index (χ0n) is 12.8. The van der Waals surface area contributed by atoms with Gasteiger partial charge in [-0.05, 0) is 42.0 Å². The number of nitro groups is 1. The van der Waals surface area contributed by atoms with Gasteiger partial charge in [-0.3, -0.25) is 10.1 Å². The fourth-order valence-electron chi connectivity index (χ4n) is 2.35. The first-order valence-electron chi connectivity index (χ1n) is 7.30. The van der Waals surface area contributed by atoms with Gasteiger partial charge in [0.2, 0.25) is 0 Å². The van der Waals surface area contributed by atoms with E-state index in [2.05, 4.69) is 9.72 Å². The van der Waals surface area contributed by atoms with Crippen LogP contribution in [0.5, 0.6) is 5.75 Å². The first kappa shape index (κ1) is 16.5. The topological polar surface area (TPSA) is 65.3 Å². The van der Waals surface area contributed by atoms with Crippen molar-refractivity contribution in [3.05, 3.63) is 76.0 Å². The summed E-state index contributed by atoms with van der Waals surface area (Å²) in [5.74, 6) is 0.0864. The quantitative estimate of drug-likeness (QED) is 0.488. The lowest BCUT2D eigenvalue weighted by Gasteiger charge is -2.04. The van der Waals surface area contributed by atoms with Crippen LogP contribution in [0.15, 0.2) is 54.6 Å². The highest BCUT2D eigenvalue weighted by atomic mass is 19.3. The van der Waals surface area contributed by atoms with Gasteiger partial charge in [-0.25, -0.2) is 4.98 Å². The highest BCUT2D eigenvalue weighted by Crippen LogP contribution is 2.24. The number of nitro benzene ring substituents is 1. The molecule has 0 bridgehead atoms. The van der Waals surface area contributed by atoms with Crippen LogP contribution in [-0.2, 0) is 0 Å². The molecule has 0 saturated heterocycles. The standard InChI is InChI=1S/C18H12F2N2O3/c19-18(20)25-14-9-5-12(6-10-14)4-7-13-8-11-15-16(21-13)2-1-3-17(15)22(23)24/h1-11,18H. The van der Waals surface area contributed by atoms with Gasteiger partial charge in [0.05, 0.1) is 21.5 Å². The molecule has 0 spiro atoms. The molecular weight excluding hydrogens is 330 g/mol. The van der Waals surface area contributed by atoms with Crippen molar-refractivity contribution in [3.63, 3.8) is 0 Å². The molecule has 1 aromatic heterocycles. The molecular formula is C18H12F2N2O3. The van der Waals surface area contributed by atoms with Crippen molar-refractivity contribution in [1.82, 2.24) is 4.98 Å². The Morgan fingerprint density at radius 3 is 2.48 bits per heavy atom. The van der Waals surface area contributed by atoms with Gasteiger partial charge >= 0.3 is 6.61 Å². The highest BCUT2D eigenvalue weighted by molar-refractivity contribution is 5.88. The Hall–Kier alpha value is -3.35. The molecule has 25 heavy (non-hydrogen) atoms. The first-order valence-corrected chi connectivity index (χ1v) is 7.30. The molecule has 0 aliphatic heterocycles. The van der Waals surface area contributed by atoms with E-state index in [9.17, 15) is 18.9 Å². The van der Waals surface area contributed by atoms with Crippen LogP contribution in [0, 0.1) is 10.1 Å². The van der Waals surface area contributed by atoms with Crippen molar-refractivity contribution in [3.8, 4) is 5.75 Å². The van der Waals surface area contributed by atoms with Crippen molar-refractivity contribution in [2.75, 3.05) is 0 Å². The van der Waals surface area contributed by atoms with Gasteiger partial charge in [0.25, 0.3) is 5.69 Å². The van der Waals surface area contributed by atoms with E-state index in [0.29, 0.717) is 16.6 Å². The van der Waals surface area contributed by atoms with Crippen molar-refractivity contribution in [2.45, 2.75) is 6.61 Å². The van der Waals surface area contributed by atoms with Crippen molar-refractivity contribution < 1.29 is 18.4 Å². The summed E-state index contributed by atoms with van der Waals surface area (Å²) >= 11 is 0. The predicted molar refractivity (Wildman–Crippen MR) is 90.4 cm³/mol. The molecule has 3 rings (SSSR count). The molecule has 0 atom stereocenters. The first-order chi connectivity index (χ1) is 12.0. The lowest BCUT2D eigenvalue weighted by molar-refractivity contribution is -0.383. The minimum Gasteiger partial charge on any atom is -0.435 e. The Bertz CT molecular complexity index is 941. The molecule has 5 nitrogen and oxygen atoms in total. The fraction of sp³-hybridized carbons (Fsp3) is 0.0556. The van der Waals surface area contributed by atoms with Crippen molar-refractivity contribution in [1.29, 1.82) is 0 Å². The van der Waals surface area contributed by atoms with Gasteiger partial charge < -0.3 is 4.74 Å². The van der Waals surface area contributed by atoms with Crippen molar-refractivity contribution in [2.24, 2.45) is 0 Å². The summed E-state index contributed by atoms with van der Waals surface area (Å²) in [6.45, 7) is -2.85. The number of benzene rings is 2. The third kappa shape index (κ3) is 3.95. The third-order valence-electron chi connectivity index (χ3n) is 3.48. The Morgan fingerprint density at radius 1 is 1.04 bits per heavy atom. The second-order valence-electron chi connectivity index (χ2n) is 5.12. The summed E-state index contributed by atoms with van der Waals surface area (Å²) in [6, 6.07) is 14.2. The average molecular weight is 342 g/mol. The Morgan fingerprint density at radius 2 is 1.80 bits per heavy atom. The zero-order valence-corrected chi connectivity index (χ0v) is 12.8. The van der Waals surface area contributed by atoms with Crippen molar-refractivity contribution >= 4 is 28.7 Å². The van der Waals surface area contributed by atoms with E-state index < -0.39 is 11.5 Å². The van der Waals surface area contributed by atoms with E-state index in [-0.39, 0.29) is 11.4 Å². The van der Waals surface area contributed by atoms with E-state index in [1.54, 1.807) is 48.6 Å². The Labute approximate surface area is 141 Å². The molecule has 0 N–H and O–H groups in total. The van der Waals surface area contributed by atoms with Gasteiger partial charge in [-0.2, -0.15) is 8.78 Å². The normalized spacial score (nSPS) is 11.3. The molecule has 0 radical (unpaired) electrons. The fourth-order valence-corrected chi connectivity index (χ4v) is 2.35. The smallest absolute Gasteiger partial charge is 0.387 e. The van der Waals surface area contributed by atoms with Gasteiger partial charge in [0.1, 0.15) is 5.75 Å². The summed E-state index contributed by atoms with van der Waals surface area (Å²) in [5.41, 5.74) is 1.94. The monoisotopic (exact) mass is 342 g/mol. The molecule has 0 fully saturated rings. The summed E-state index contributed by atoms with van der Waals surface area (Å²) < 4.78 is 28.5. The molecule has 1 heterocycles. The number of nitrogens with zero attached hydrogens (tertiary/aromatic N) is 2. The van der Waals surface area contributed by atoms with Crippen LogP contribution in [0.1, 0.15) is 11.3 Å². The molecule has 0 aliphatic rings. The van der Waals surface area contributed by atoms with Gasteiger partial charge in [0, 0.05) is 6.07 Å². The summed E-state index contributed by atoms with van der Waals surface area (Å²) in [5, 5.41) is 11.5. The number of non-ortho nitro benzene ring substituents is 1. The Kier molecular flexibility index (Phi) is 4.65. The maximum atomic E-state index is 12.1. The predicted octanol–water partition coefficient (Wildman–Crippen LogP) is 4.91. The maximum absolute atomic E-state index is 12.1. The number of alkyl halides is 2. The molecule has 2 aromatic carbocycles. The van der Waals surface area contributed by atoms with Crippen LogP contribution in [0.3, 0.4) is 0 Å². The van der Waals surface area contributed by atoms with Crippen LogP contribution in [0.25, 0.3) is 23.1 Å². The van der Waals surface area contributed by atoms with Crippen LogP contribution < -0.4 is 4.74 Å². The van der Waals surface area contributed by atoms with E-state index in [1.165, 1.54) is 18.2 Å². The van der Waals surface area contributed by atoms with Gasteiger partial charge in [0.15, 0.2) is 0 Å². The molecule has 0 amide bonds. The second-order valence-corrected chi connectivity index (χ2v) is 5.12. The average Bonchev–Trinajstić information content (AvgIpc) is 2.59. The Balaban J connectivity index is 1.83. The van der Waals surface area contributed by atoms with E-state index in [4.69, 9.17) is 0 Å². The number of rotatable bonds is 5. The van der Waals surface area contributed by atoms with Crippen LogP contribution in [0.2, 0.25) is 0 Å². The van der Waals surface area contributed by atoms with Crippen LogP contribution in [0.4, 0.5) is 14.5 Å². The molecule has 0 unspecified atom stereocenters. The highest BCUT2D eigenvalue weighted by Gasteiger charge is 2.11. The SMILES string of the molecule is O=[N+]([O-])c1cccc2nc(C=Cc3ccc(OC(F)F)cc3)ccc12. The zero-order chi connectivity index (χ0) is 17.8. The van der Waals surface area contributed by atoms with Crippen LogP contribution in [-0.4, -0.2) is 16.5 Å². The lowest BCUT2D eigenvalue weighted by atomic mass is 10.1. The number of ether oxygens (including phenoxy) is 1. The second kappa shape index (κ2) is 7.04. The van der Waals surface area contributed by atoms with Crippen LogP contribution >= 0.6 is 0 Å². The number of aromatic nitrogens is 1. The number of hydrogen-bond acceptors (Lipinski definition) is 4. The minimum atomic E-state index is -2.85. The minimum absolute atomic E-state index is 0.00940. The summed E-state index contributed by atoms with van der Waals surface area (Å²) in [6.07, 6.45) is 3.50. The van der Waals surface area contributed by atoms with Gasteiger partial charge in [-0.1, -0.05) is 24.3 Å². The molecule has 126 valence electrons. The molecule has 0 aliphatic carbocycles. The molecule has 3 aromatic rings. The lowest BCUT2D eigenvalue weighted by Crippen LogP contribution is -2.01. The molecule has 0 saturated carbocycles. The summed E-state index contributed by atoms with van der Waals surface area (Å²) in [4.78, 5) is 14.9. The largest absolute Gasteiger partial charge is 0.435 e. The van der Waals surface area contributed by atoms with Gasteiger partial charge in [-0.15, -0.1) is 0 Å². The summed E-state index contributed by atoms with van der Waals surface area (Å²) in [7, 11) is 0.